The predicted molar refractivity (Wildman–Crippen MR) is 59.3 cm³/mol. The molecule has 0 aromatic rings. The molecular weight excluding hydrogens is 176 g/mol. The molecule has 0 aliphatic carbocycles. The summed E-state index contributed by atoms with van der Waals surface area (Å²) < 4.78 is 5.37. The second-order valence-corrected chi connectivity index (χ2v) is 4.60. The van der Waals surface area contributed by atoms with E-state index >= 15 is 0 Å². The summed E-state index contributed by atoms with van der Waals surface area (Å²) in [6.07, 6.45) is 4.71. The minimum absolute atomic E-state index is 0.459. The largest absolute Gasteiger partial charge is 0.381 e. The summed E-state index contributed by atoms with van der Waals surface area (Å²) in [4.78, 5) is 0. The molecule has 0 atom stereocenters. The maximum Gasteiger partial charge on any atom is 0.0471 e. The lowest BCUT2D eigenvalue weighted by Crippen LogP contribution is -2.37. The van der Waals surface area contributed by atoms with Crippen LogP contribution in [0.15, 0.2) is 0 Å². The molecular formula is C11H24N2O. The Bertz CT molecular complexity index is 144. The minimum Gasteiger partial charge on any atom is -0.381 e. The highest BCUT2D eigenvalue weighted by Crippen LogP contribution is 2.28. The lowest BCUT2D eigenvalue weighted by molar-refractivity contribution is 0.0242. The molecule has 1 aliphatic rings. The highest BCUT2D eigenvalue weighted by atomic mass is 16.5. The molecule has 1 saturated heterocycles. The van der Waals surface area contributed by atoms with Crippen LogP contribution in [0.1, 0.15) is 32.6 Å². The van der Waals surface area contributed by atoms with Crippen LogP contribution in [-0.4, -0.2) is 32.8 Å². The van der Waals surface area contributed by atoms with E-state index in [9.17, 15) is 0 Å². The van der Waals surface area contributed by atoms with Gasteiger partial charge in [-0.3, -0.25) is 0 Å². The van der Waals surface area contributed by atoms with Crippen molar-refractivity contribution in [1.29, 1.82) is 0 Å². The van der Waals surface area contributed by atoms with Gasteiger partial charge in [0.1, 0.15) is 0 Å². The minimum atomic E-state index is 0.459. The van der Waals surface area contributed by atoms with Crippen LogP contribution in [0, 0.1) is 5.41 Å². The van der Waals surface area contributed by atoms with E-state index in [0.29, 0.717) is 5.41 Å². The Kier molecular flexibility index (Phi) is 5.45. The molecule has 1 rings (SSSR count). The van der Waals surface area contributed by atoms with Crippen LogP contribution in [-0.2, 0) is 4.74 Å². The van der Waals surface area contributed by atoms with Gasteiger partial charge in [0.15, 0.2) is 0 Å². The van der Waals surface area contributed by atoms with Gasteiger partial charge < -0.3 is 15.8 Å². The zero-order chi connectivity index (χ0) is 10.3. The molecule has 84 valence electrons. The Labute approximate surface area is 87.4 Å². The molecule has 0 spiro atoms. The molecule has 14 heavy (non-hydrogen) atoms. The van der Waals surface area contributed by atoms with Crippen molar-refractivity contribution in [3.8, 4) is 0 Å². The molecule has 0 unspecified atom stereocenters. The Morgan fingerprint density at radius 1 is 1.29 bits per heavy atom. The molecule has 0 aromatic carbocycles. The summed E-state index contributed by atoms with van der Waals surface area (Å²) in [6.45, 7) is 7.26. The monoisotopic (exact) mass is 200 g/mol. The van der Waals surface area contributed by atoms with E-state index in [0.717, 1.165) is 39.3 Å². The first-order valence-corrected chi connectivity index (χ1v) is 5.75. The SMILES string of the molecule is CC1(CNCCCCN)CCOCC1. The number of rotatable bonds is 6. The predicted octanol–water partition coefficient (Wildman–Crippen LogP) is 1.13. The first kappa shape index (κ1) is 12.0. The van der Waals surface area contributed by atoms with Gasteiger partial charge in [0.2, 0.25) is 0 Å². The Morgan fingerprint density at radius 2 is 2.00 bits per heavy atom. The number of hydrogen-bond donors (Lipinski definition) is 2. The summed E-state index contributed by atoms with van der Waals surface area (Å²) >= 11 is 0. The Morgan fingerprint density at radius 3 is 2.64 bits per heavy atom. The highest BCUT2D eigenvalue weighted by Gasteiger charge is 2.26. The summed E-state index contributed by atoms with van der Waals surface area (Å²) in [5.74, 6) is 0. The summed E-state index contributed by atoms with van der Waals surface area (Å²) in [5, 5.41) is 3.52. The molecule has 3 heteroatoms. The fourth-order valence-corrected chi connectivity index (χ4v) is 1.83. The van der Waals surface area contributed by atoms with E-state index in [1.165, 1.54) is 19.3 Å². The van der Waals surface area contributed by atoms with E-state index < -0.39 is 0 Å². The van der Waals surface area contributed by atoms with Crippen molar-refractivity contribution >= 4 is 0 Å². The topological polar surface area (TPSA) is 47.3 Å². The molecule has 1 aliphatic heterocycles. The van der Waals surface area contributed by atoms with E-state index in [2.05, 4.69) is 12.2 Å². The number of ether oxygens (including phenoxy) is 1. The lowest BCUT2D eigenvalue weighted by Gasteiger charge is -2.33. The fourth-order valence-electron chi connectivity index (χ4n) is 1.83. The standard InChI is InChI=1S/C11H24N2O/c1-11(4-8-14-9-5-11)10-13-7-3-2-6-12/h13H,2-10,12H2,1H3. The second-order valence-electron chi connectivity index (χ2n) is 4.60. The zero-order valence-electron chi connectivity index (χ0n) is 9.35. The number of nitrogens with two attached hydrogens (primary N) is 1. The molecule has 1 heterocycles. The zero-order valence-corrected chi connectivity index (χ0v) is 9.35. The number of nitrogens with one attached hydrogen (secondary N) is 1. The summed E-state index contributed by atoms with van der Waals surface area (Å²) in [5.41, 5.74) is 5.89. The molecule has 0 amide bonds. The van der Waals surface area contributed by atoms with Gasteiger partial charge in [-0.05, 0) is 44.2 Å². The van der Waals surface area contributed by atoms with Crippen LogP contribution in [0.25, 0.3) is 0 Å². The van der Waals surface area contributed by atoms with Gasteiger partial charge in [0.25, 0.3) is 0 Å². The molecule has 3 N–H and O–H groups in total. The average Bonchev–Trinajstić information content (AvgIpc) is 2.18. The Balaban J connectivity index is 2.03. The molecule has 0 bridgehead atoms. The quantitative estimate of drug-likeness (QED) is 0.632. The van der Waals surface area contributed by atoms with Gasteiger partial charge >= 0.3 is 0 Å². The molecule has 0 saturated carbocycles. The molecule has 1 fully saturated rings. The van der Waals surface area contributed by atoms with E-state index in [1.54, 1.807) is 0 Å². The van der Waals surface area contributed by atoms with Crippen LogP contribution in [0.4, 0.5) is 0 Å². The van der Waals surface area contributed by atoms with Gasteiger partial charge in [-0.25, -0.2) is 0 Å². The number of hydrogen-bond acceptors (Lipinski definition) is 3. The van der Waals surface area contributed by atoms with Gasteiger partial charge in [-0.2, -0.15) is 0 Å². The number of unbranched alkanes of at least 4 members (excludes halogenated alkanes) is 1. The van der Waals surface area contributed by atoms with Crippen molar-refractivity contribution in [2.75, 3.05) is 32.8 Å². The third-order valence-corrected chi connectivity index (χ3v) is 3.06. The first-order chi connectivity index (χ1) is 6.77. The van der Waals surface area contributed by atoms with E-state index in [1.807, 2.05) is 0 Å². The van der Waals surface area contributed by atoms with Crippen LogP contribution >= 0.6 is 0 Å². The van der Waals surface area contributed by atoms with Crippen molar-refractivity contribution < 1.29 is 4.74 Å². The van der Waals surface area contributed by atoms with Gasteiger partial charge in [-0.1, -0.05) is 6.92 Å². The average molecular weight is 200 g/mol. The molecule has 0 radical (unpaired) electrons. The molecule has 3 nitrogen and oxygen atoms in total. The van der Waals surface area contributed by atoms with Crippen molar-refractivity contribution in [2.24, 2.45) is 11.1 Å². The second kappa shape index (κ2) is 6.38. The van der Waals surface area contributed by atoms with Crippen molar-refractivity contribution in [3.05, 3.63) is 0 Å². The van der Waals surface area contributed by atoms with Crippen molar-refractivity contribution in [3.63, 3.8) is 0 Å². The smallest absolute Gasteiger partial charge is 0.0471 e. The third-order valence-electron chi connectivity index (χ3n) is 3.06. The van der Waals surface area contributed by atoms with Crippen molar-refractivity contribution in [2.45, 2.75) is 32.6 Å². The van der Waals surface area contributed by atoms with Crippen LogP contribution in [0.5, 0.6) is 0 Å². The maximum atomic E-state index is 5.44. The van der Waals surface area contributed by atoms with Gasteiger partial charge in [0, 0.05) is 19.8 Å². The first-order valence-electron chi connectivity index (χ1n) is 5.75. The van der Waals surface area contributed by atoms with Crippen molar-refractivity contribution in [1.82, 2.24) is 5.32 Å². The van der Waals surface area contributed by atoms with Gasteiger partial charge in [-0.15, -0.1) is 0 Å². The van der Waals surface area contributed by atoms with Gasteiger partial charge in [0.05, 0.1) is 0 Å². The van der Waals surface area contributed by atoms with E-state index in [4.69, 9.17) is 10.5 Å². The summed E-state index contributed by atoms with van der Waals surface area (Å²) in [7, 11) is 0. The third kappa shape index (κ3) is 4.40. The fraction of sp³-hybridized carbons (Fsp3) is 1.00. The molecule has 0 aromatic heterocycles. The Hall–Kier alpha value is -0.120. The summed E-state index contributed by atoms with van der Waals surface area (Å²) in [6, 6.07) is 0. The highest BCUT2D eigenvalue weighted by molar-refractivity contribution is 4.79. The van der Waals surface area contributed by atoms with Crippen LogP contribution in [0.3, 0.4) is 0 Å². The van der Waals surface area contributed by atoms with Crippen LogP contribution in [0.2, 0.25) is 0 Å². The normalized spacial score (nSPS) is 21.0. The van der Waals surface area contributed by atoms with E-state index in [-0.39, 0.29) is 0 Å². The van der Waals surface area contributed by atoms with Crippen LogP contribution < -0.4 is 11.1 Å². The maximum absolute atomic E-state index is 5.44. The lowest BCUT2D eigenvalue weighted by atomic mass is 9.82.